The summed E-state index contributed by atoms with van der Waals surface area (Å²) >= 11 is 0. The molecule has 1 atom stereocenters. The Labute approximate surface area is 125 Å². The van der Waals surface area contributed by atoms with Gasteiger partial charge in [-0.2, -0.15) is 0 Å². The molecule has 0 spiro atoms. The number of benzene rings is 1. The monoisotopic (exact) mass is 293 g/mol. The molecule has 1 aliphatic rings. The molecule has 0 bridgehead atoms. The summed E-state index contributed by atoms with van der Waals surface area (Å²) < 4.78 is 11.3. The lowest BCUT2D eigenvalue weighted by Crippen LogP contribution is -2.44. The summed E-state index contributed by atoms with van der Waals surface area (Å²) in [4.78, 5) is 10.9. The molecule has 116 valence electrons. The summed E-state index contributed by atoms with van der Waals surface area (Å²) in [6, 6.07) is 7.00. The standard InChI is InChI=1S/C16H23NO4/c1-16(2)11-13(6-8-21-16)17-7-9-20-14-5-3-4-12(10-14)15(18)19/h3-5,10,13,17H,6-9,11H2,1-2H3,(H,18,19). The van der Waals surface area contributed by atoms with Crippen molar-refractivity contribution in [2.24, 2.45) is 0 Å². The zero-order chi connectivity index (χ0) is 15.3. The number of hydrogen-bond acceptors (Lipinski definition) is 4. The molecule has 1 unspecified atom stereocenters. The van der Waals surface area contributed by atoms with Gasteiger partial charge in [-0.15, -0.1) is 0 Å². The average molecular weight is 293 g/mol. The summed E-state index contributed by atoms with van der Waals surface area (Å²) in [6.07, 6.45) is 2.00. The van der Waals surface area contributed by atoms with Crippen molar-refractivity contribution in [1.82, 2.24) is 5.32 Å². The van der Waals surface area contributed by atoms with Crippen LogP contribution in [-0.2, 0) is 4.74 Å². The van der Waals surface area contributed by atoms with E-state index in [1.807, 2.05) is 0 Å². The first-order chi connectivity index (χ1) is 9.96. The SMILES string of the molecule is CC1(C)CC(NCCOc2cccc(C(=O)O)c2)CCO1. The van der Waals surface area contributed by atoms with Crippen LogP contribution in [0.1, 0.15) is 37.0 Å². The first kappa shape index (κ1) is 15.8. The van der Waals surface area contributed by atoms with Crippen LogP contribution in [0.2, 0.25) is 0 Å². The van der Waals surface area contributed by atoms with Crippen LogP contribution in [0.3, 0.4) is 0 Å². The Morgan fingerprint density at radius 3 is 3.05 bits per heavy atom. The second kappa shape index (κ2) is 6.91. The summed E-state index contributed by atoms with van der Waals surface area (Å²) in [5.74, 6) is -0.355. The van der Waals surface area contributed by atoms with E-state index in [9.17, 15) is 4.79 Å². The molecule has 5 heteroatoms. The zero-order valence-corrected chi connectivity index (χ0v) is 12.6. The summed E-state index contributed by atoms with van der Waals surface area (Å²) in [5.41, 5.74) is 0.179. The molecule has 2 N–H and O–H groups in total. The number of carboxylic acids is 1. The molecule has 1 saturated heterocycles. The van der Waals surface area contributed by atoms with Crippen LogP contribution in [-0.4, -0.2) is 42.5 Å². The molecule has 0 aliphatic carbocycles. The first-order valence-electron chi connectivity index (χ1n) is 7.30. The molecule has 1 fully saturated rings. The second-order valence-corrected chi connectivity index (χ2v) is 5.93. The van der Waals surface area contributed by atoms with Gasteiger partial charge in [0.1, 0.15) is 12.4 Å². The Hall–Kier alpha value is -1.59. The van der Waals surface area contributed by atoms with E-state index in [0.717, 1.165) is 26.0 Å². The van der Waals surface area contributed by atoms with E-state index in [1.165, 1.54) is 0 Å². The predicted octanol–water partition coefficient (Wildman–Crippen LogP) is 2.31. The highest BCUT2D eigenvalue weighted by molar-refractivity contribution is 5.87. The van der Waals surface area contributed by atoms with Gasteiger partial charge in [0.05, 0.1) is 11.2 Å². The van der Waals surface area contributed by atoms with Crippen molar-refractivity contribution in [3.05, 3.63) is 29.8 Å². The lowest BCUT2D eigenvalue weighted by atomic mass is 9.94. The van der Waals surface area contributed by atoms with E-state index in [2.05, 4.69) is 19.2 Å². The van der Waals surface area contributed by atoms with E-state index in [-0.39, 0.29) is 11.2 Å². The largest absolute Gasteiger partial charge is 0.492 e. The Morgan fingerprint density at radius 2 is 2.33 bits per heavy atom. The number of aromatic carboxylic acids is 1. The maximum Gasteiger partial charge on any atom is 0.335 e. The Kier molecular flexibility index (Phi) is 5.20. The van der Waals surface area contributed by atoms with Gasteiger partial charge < -0.3 is 19.9 Å². The minimum atomic E-state index is -0.942. The summed E-state index contributed by atoms with van der Waals surface area (Å²) in [6.45, 7) is 6.24. The molecule has 0 aromatic heterocycles. The van der Waals surface area contributed by atoms with Crippen molar-refractivity contribution >= 4 is 5.97 Å². The average Bonchev–Trinajstić information content (AvgIpc) is 2.43. The molecule has 0 radical (unpaired) electrons. The molecule has 1 aromatic carbocycles. The van der Waals surface area contributed by atoms with Crippen molar-refractivity contribution < 1.29 is 19.4 Å². The minimum Gasteiger partial charge on any atom is -0.492 e. The lowest BCUT2D eigenvalue weighted by Gasteiger charge is -2.35. The third-order valence-corrected chi connectivity index (χ3v) is 3.58. The number of carbonyl (C=O) groups is 1. The highest BCUT2D eigenvalue weighted by Crippen LogP contribution is 2.23. The molecular formula is C16H23NO4. The number of nitrogens with one attached hydrogen (secondary N) is 1. The molecule has 5 nitrogen and oxygen atoms in total. The third-order valence-electron chi connectivity index (χ3n) is 3.58. The van der Waals surface area contributed by atoms with E-state index in [4.69, 9.17) is 14.6 Å². The van der Waals surface area contributed by atoms with Crippen LogP contribution in [0, 0.1) is 0 Å². The van der Waals surface area contributed by atoms with Gasteiger partial charge in [0, 0.05) is 19.2 Å². The molecule has 1 aliphatic heterocycles. The Bertz CT molecular complexity index is 487. The maximum absolute atomic E-state index is 10.9. The highest BCUT2D eigenvalue weighted by atomic mass is 16.5. The lowest BCUT2D eigenvalue weighted by molar-refractivity contribution is -0.0630. The number of hydrogen-bond donors (Lipinski definition) is 2. The normalized spacial score (nSPS) is 21.0. The number of rotatable bonds is 6. The zero-order valence-electron chi connectivity index (χ0n) is 12.6. The Morgan fingerprint density at radius 1 is 1.52 bits per heavy atom. The predicted molar refractivity (Wildman–Crippen MR) is 80.0 cm³/mol. The van der Waals surface area contributed by atoms with Crippen LogP contribution in [0.25, 0.3) is 0 Å². The van der Waals surface area contributed by atoms with Gasteiger partial charge in [0.2, 0.25) is 0 Å². The van der Waals surface area contributed by atoms with Gasteiger partial charge in [-0.3, -0.25) is 0 Å². The second-order valence-electron chi connectivity index (χ2n) is 5.93. The topological polar surface area (TPSA) is 67.8 Å². The fourth-order valence-electron chi connectivity index (χ4n) is 2.56. The van der Waals surface area contributed by atoms with Gasteiger partial charge in [-0.25, -0.2) is 4.79 Å². The van der Waals surface area contributed by atoms with Gasteiger partial charge in [0.25, 0.3) is 0 Å². The van der Waals surface area contributed by atoms with Crippen molar-refractivity contribution in [2.75, 3.05) is 19.8 Å². The molecular weight excluding hydrogens is 270 g/mol. The van der Waals surface area contributed by atoms with Crippen LogP contribution in [0.4, 0.5) is 0 Å². The maximum atomic E-state index is 10.9. The van der Waals surface area contributed by atoms with Crippen LogP contribution in [0.15, 0.2) is 24.3 Å². The molecule has 1 aromatic rings. The van der Waals surface area contributed by atoms with Gasteiger partial charge in [0.15, 0.2) is 0 Å². The quantitative estimate of drug-likeness (QED) is 0.788. The van der Waals surface area contributed by atoms with E-state index in [1.54, 1.807) is 24.3 Å². The van der Waals surface area contributed by atoms with Crippen LogP contribution in [0.5, 0.6) is 5.75 Å². The molecule has 21 heavy (non-hydrogen) atoms. The fraction of sp³-hybridized carbons (Fsp3) is 0.562. The smallest absolute Gasteiger partial charge is 0.335 e. The first-order valence-corrected chi connectivity index (χ1v) is 7.30. The van der Waals surface area contributed by atoms with Crippen LogP contribution >= 0.6 is 0 Å². The van der Waals surface area contributed by atoms with E-state index in [0.29, 0.717) is 18.4 Å². The van der Waals surface area contributed by atoms with Crippen molar-refractivity contribution in [2.45, 2.75) is 38.3 Å². The van der Waals surface area contributed by atoms with Crippen molar-refractivity contribution in [3.8, 4) is 5.75 Å². The number of carboxylic acid groups (broad SMARTS) is 1. The fourth-order valence-corrected chi connectivity index (χ4v) is 2.56. The van der Waals surface area contributed by atoms with E-state index >= 15 is 0 Å². The van der Waals surface area contributed by atoms with Crippen molar-refractivity contribution in [1.29, 1.82) is 0 Å². The third kappa shape index (κ3) is 5.02. The van der Waals surface area contributed by atoms with Gasteiger partial charge in [-0.1, -0.05) is 6.07 Å². The molecule has 2 rings (SSSR count). The van der Waals surface area contributed by atoms with Crippen LogP contribution < -0.4 is 10.1 Å². The van der Waals surface area contributed by atoms with Crippen molar-refractivity contribution in [3.63, 3.8) is 0 Å². The van der Waals surface area contributed by atoms with Gasteiger partial charge >= 0.3 is 5.97 Å². The summed E-state index contributed by atoms with van der Waals surface area (Å²) in [7, 11) is 0. The molecule has 1 heterocycles. The van der Waals surface area contributed by atoms with Gasteiger partial charge in [-0.05, 0) is 44.9 Å². The van der Waals surface area contributed by atoms with E-state index < -0.39 is 5.97 Å². The molecule has 0 saturated carbocycles. The minimum absolute atomic E-state index is 0.0629. The highest BCUT2D eigenvalue weighted by Gasteiger charge is 2.28. The summed E-state index contributed by atoms with van der Waals surface area (Å²) in [5, 5.41) is 12.4. The molecule has 0 amide bonds. The number of ether oxygens (including phenoxy) is 2. The Balaban J connectivity index is 1.72.